The van der Waals surface area contributed by atoms with Gasteiger partial charge in [0.05, 0.1) is 12.2 Å². The van der Waals surface area contributed by atoms with Gasteiger partial charge in [0.25, 0.3) is 0 Å². The average Bonchev–Trinajstić information content (AvgIpc) is 2.38. The molecule has 2 amide bonds. The number of amides is 2. The molecule has 0 bridgehead atoms. The summed E-state index contributed by atoms with van der Waals surface area (Å²) in [7, 11) is 0. The van der Waals surface area contributed by atoms with Crippen molar-refractivity contribution in [2.45, 2.75) is 31.2 Å². The molecule has 0 aliphatic heterocycles. The van der Waals surface area contributed by atoms with Crippen LogP contribution in [0, 0.1) is 13.8 Å². The number of nitrogens with two attached hydrogens (primary N) is 1. The normalized spacial score (nSPS) is 11.7. The molecule has 0 fully saturated rings. The first-order valence-corrected chi connectivity index (χ1v) is 7.28. The lowest BCUT2D eigenvalue weighted by Gasteiger charge is -2.13. The number of thioether (sulfide) groups is 1. The molecular weight excluding hydrogens is 292 g/mol. The van der Waals surface area contributed by atoms with Crippen LogP contribution in [0.15, 0.2) is 23.1 Å². The van der Waals surface area contributed by atoms with Crippen LogP contribution >= 0.6 is 11.8 Å². The predicted octanol–water partition coefficient (Wildman–Crippen LogP) is 0.840. The Balaban J connectivity index is 2.58. The van der Waals surface area contributed by atoms with Gasteiger partial charge in [0, 0.05) is 4.90 Å². The van der Waals surface area contributed by atoms with Crippen LogP contribution in [0.4, 0.5) is 0 Å². The SMILES string of the molecule is Cc1ccc(C)c(SCC(=O)NC(CC(N)=O)C(=O)O)c1. The fraction of sp³-hybridized carbons (Fsp3) is 0.357. The molecule has 0 saturated carbocycles. The maximum Gasteiger partial charge on any atom is 0.326 e. The minimum atomic E-state index is -1.28. The molecule has 0 spiro atoms. The number of primary amides is 1. The Morgan fingerprint density at radius 3 is 2.57 bits per heavy atom. The Morgan fingerprint density at radius 2 is 2.00 bits per heavy atom. The molecule has 1 atom stereocenters. The number of hydrogen-bond donors (Lipinski definition) is 3. The van der Waals surface area contributed by atoms with Crippen molar-refractivity contribution < 1.29 is 19.5 Å². The maximum atomic E-state index is 11.8. The van der Waals surface area contributed by atoms with Gasteiger partial charge in [-0.15, -0.1) is 11.8 Å². The number of rotatable bonds is 7. The Hall–Kier alpha value is -2.02. The lowest BCUT2D eigenvalue weighted by atomic mass is 10.2. The molecule has 7 heteroatoms. The topological polar surface area (TPSA) is 109 Å². The first kappa shape index (κ1) is 17.0. The minimum absolute atomic E-state index is 0.0762. The van der Waals surface area contributed by atoms with Crippen molar-refractivity contribution in [2.75, 3.05) is 5.75 Å². The number of carboxylic acid groups (broad SMARTS) is 1. The first-order chi connectivity index (χ1) is 9.79. The highest BCUT2D eigenvalue weighted by Crippen LogP contribution is 2.23. The van der Waals surface area contributed by atoms with Gasteiger partial charge in [0.2, 0.25) is 11.8 Å². The van der Waals surface area contributed by atoms with E-state index in [4.69, 9.17) is 10.8 Å². The third kappa shape index (κ3) is 5.86. The fourth-order valence-electron chi connectivity index (χ4n) is 1.64. The van der Waals surface area contributed by atoms with E-state index in [-0.39, 0.29) is 5.75 Å². The summed E-state index contributed by atoms with van der Waals surface area (Å²) >= 11 is 1.32. The minimum Gasteiger partial charge on any atom is -0.480 e. The van der Waals surface area contributed by atoms with Crippen molar-refractivity contribution in [2.24, 2.45) is 5.73 Å². The summed E-state index contributed by atoms with van der Waals surface area (Å²) in [4.78, 5) is 34.4. The van der Waals surface area contributed by atoms with Crippen LogP contribution in [0.3, 0.4) is 0 Å². The zero-order valence-corrected chi connectivity index (χ0v) is 12.7. The number of carbonyl (C=O) groups excluding carboxylic acids is 2. The summed E-state index contributed by atoms with van der Waals surface area (Å²) < 4.78 is 0. The molecule has 0 saturated heterocycles. The Bertz CT molecular complexity index is 560. The predicted molar refractivity (Wildman–Crippen MR) is 80.0 cm³/mol. The second-order valence-corrected chi connectivity index (χ2v) is 5.70. The van der Waals surface area contributed by atoms with Gasteiger partial charge in [0.1, 0.15) is 6.04 Å². The van der Waals surface area contributed by atoms with E-state index >= 15 is 0 Å². The highest BCUT2D eigenvalue weighted by Gasteiger charge is 2.22. The number of aryl methyl sites for hydroxylation is 2. The quantitative estimate of drug-likeness (QED) is 0.647. The smallest absolute Gasteiger partial charge is 0.326 e. The van der Waals surface area contributed by atoms with Crippen LogP contribution in [0.1, 0.15) is 17.5 Å². The van der Waals surface area contributed by atoms with E-state index < -0.39 is 30.2 Å². The van der Waals surface area contributed by atoms with E-state index in [1.807, 2.05) is 32.0 Å². The zero-order chi connectivity index (χ0) is 16.0. The lowest BCUT2D eigenvalue weighted by Crippen LogP contribution is -2.44. The number of nitrogens with one attached hydrogen (secondary N) is 1. The molecule has 4 N–H and O–H groups in total. The van der Waals surface area contributed by atoms with Gasteiger partial charge in [-0.2, -0.15) is 0 Å². The van der Waals surface area contributed by atoms with Crippen molar-refractivity contribution >= 4 is 29.5 Å². The zero-order valence-electron chi connectivity index (χ0n) is 11.9. The van der Waals surface area contributed by atoms with Crippen LogP contribution in [-0.2, 0) is 14.4 Å². The fourth-order valence-corrected chi connectivity index (χ4v) is 2.58. The molecule has 1 aromatic carbocycles. The lowest BCUT2D eigenvalue weighted by molar-refractivity contribution is -0.143. The largest absolute Gasteiger partial charge is 0.480 e. The van der Waals surface area contributed by atoms with Crippen molar-refractivity contribution in [1.82, 2.24) is 5.32 Å². The highest BCUT2D eigenvalue weighted by atomic mass is 32.2. The van der Waals surface area contributed by atoms with Crippen molar-refractivity contribution in [3.8, 4) is 0 Å². The summed E-state index contributed by atoms with van der Waals surface area (Å²) in [5.41, 5.74) is 7.08. The molecule has 0 aliphatic rings. The van der Waals surface area contributed by atoms with E-state index in [9.17, 15) is 14.4 Å². The molecule has 6 nitrogen and oxygen atoms in total. The highest BCUT2D eigenvalue weighted by molar-refractivity contribution is 8.00. The first-order valence-electron chi connectivity index (χ1n) is 6.30. The molecule has 0 aromatic heterocycles. The molecule has 0 radical (unpaired) electrons. The number of hydrogen-bond acceptors (Lipinski definition) is 4. The Kier molecular flexibility index (Phi) is 6.23. The number of benzene rings is 1. The van der Waals surface area contributed by atoms with E-state index in [0.29, 0.717) is 0 Å². The second-order valence-electron chi connectivity index (χ2n) is 4.69. The summed E-state index contributed by atoms with van der Waals surface area (Å²) in [5, 5.41) is 11.2. The van der Waals surface area contributed by atoms with E-state index in [1.165, 1.54) is 11.8 Å². The Morgan fingerprint density at radius 1 is 1.33 bits per heavy atom. The van der Waals surface area contributed by atoms with Crippen LogP contribution in [-0.4, -0.2) is 34.7 Å². The van der Waals surface area contributed by atoms with Gasteiger partial charge >= 0.3 is 5.97 Å². The van der Waals surface area contributed by atoms with Crippen molar-refractivity contribution in [1.29, 1.82) is 0 Å². The van der Waals surface area contributed by atoms with Gasteiger partial charge < -0.3 is 16.2 Å². The summed E-state index contributed by atoms with van der Waals surface area (Å²) in [6.07, 6.45) is -0.421. The van der Waals surface area contributed by atoms with Crippen LogP contribution in [0.5, 0.6) is 0 Å². The van der Waals surface area contributed by atoms with Crippen molar-refractivity contribution in [3.05, 3.63) is 29.3 Å². The molecular formula is C14H18N2O4S. The summed E-state index contributed by atoms with van der Waals surface area (Å²) in [6.45, 7) is 3.89. The van der Waals surface area contributed by atoms with Gasteiger partial charge in [-0.25, -0.2) is 4.79 Å². The molecule has 21 heavy (non-hydrogen) atoms. The third-order valence-corrected chi connectivity index (χ3v) is 3.90. The molecule has 0 aliphatic carbocycles. The monoisotopic (exact) mass is 310 g/mol. The number of carbonyl (C=O) groups is 3. The number of aliphatic carboxylic acids is 1. The summed E-state index contributed by atoms with van der Waals surface area (Å²) in [5.74, 6) is -2.43. The van der Waals surface area contributed by atoms with Crippen LogP contribution < -0.4 is 11.1 Å². The van der Waals surface area contributed by atoms with E-state index in [0.717, 1.165) is 16.0 Å². The molecule has 1 aromatic rings. The van der Waals surface area contributed by atoms with Gasteiger partial charge in [-0.05, 0) is 25.5 Å². The van der Waals surface area contributed by atoms with E-state index in [2.05, 4.69) is 5.32 Å². The molecule has 1 rings (SSSR count). The van der Waals surface area contributed by atoms with Gasteiger partial charge in [-0.1, -0.05) is 17.7 Å². The van der Waals surface area contributed by atoms with Crippen LogP contribution in [0.25, 0.3) is 0 Å². The van der Waals surface area contributed by atoms with Gasteiger partial charge in [0.15, 0.2) is 0 Å². The van der Waals surface area contributed by atoms with Gasteiger partial charge in [-0.3, -0.25) is 9.59 Å². The Labute approximate surface area is 127 Å². The second kappa shape index (κ2) is 7.68. The molecule has 0 heterocycles. The molecule has 1 unspecified atom stereocenters. The maximum absolute atomic E-state index is 11.8. The van der Waals surface area contributed by atoms with Crippen molar-refractivity contribution in [3.63, 3.8) is 0 Å². The molecule has 114 valence electrons. The third-order valence-electron chi connectivity index (χ3n) is 2.74. The van der Waals surface area contributed by atoms with E-state index in [1.54, 1.807) is 0 Å². The summed E-state index contributed by atoms with van der Waals surface area (Å²) in [6, 6.07) is 4.62. The standard InChI is InChI=1S/C14H18N2O4S/c1-8-3-4-9(2)11(5-8)21-7-13(18)16-10(14(19)20)6-12(15)17/h3-5,10H,6-7H2,1-2H3,(H2,15,17)(H,16,18)(H,19,20). The average molecular weight is 310 g/mol. The number of carboxylic acids is 1. The van der Waals surface area contributed by atoms with Crippen LogP contribution in [0.2, 0.25) is 0 Å².